The van der Waals surface area contributed by atoms with Gasteiger partial charge in [0.15, 0.2) is 6.61 Å². The van der Waals surface area contributed by atoms with Gasteiger partial charge in [-0.2, -0.15) is 13.2 Å². The molecular weight excluding hydrogens is 638 g/mol. The monoisotopic (exact) mass is 667 g/mol. The standard InChI is InChI=1S/C33H29F4N5O6/c1-31(30(38)45)16-48-28-22(31)13-24(42-27(28)17-4-6-20(34)7-5-17)32(46,33(35,36)37)15-40-29(44)19-11-18-3-2-10-39-26(18)23(12-19)47-14-25(43)41-21-8-9-21/h2-7,10-13,21,46H,8-9,14-16H2,1H3,(H2,38,45)(H,40,44)(H,41,43)/t31-,32-/m0/s1. The molecule has 1 saturated carbocycles. The van der Waals surface area contributed by atoms with E-state index in [1.54, 1.807) is 12.1 Å². The molecule has 0 bridgehead atoms. The molecule has 3 heterocycles. The molecule has 1 aliphatic heterocycles. The summed E-state index contributed by atoms with van der Waals surface area (Å²) in [5.41, 5.74) is -0.678. The number of primary amides is 1. The third-order valence-corrected chi connectivity index (χ3v) is 8.36. The molecule has 48 heavy (non-hydrogen) atoms. The maximum atomic E-state index is 14.8. The number of aromatic nitrogens is 2. The van der Waals surface area contributed by atoms with E-state index in [0.717, 1.165) is 31.0 Å². The first-order chi connectivity index (χ1) is 22.7. The van der Waals surface area contributed by atoms with Crippen LogP contribution in [-0.2, 0) is 20.6 Å². The smallest absolute Gasteiger partial charge is 0.424 e. The van der Waals surface area contributed by atoms with Crippen molar-refractivity contribution in [1.29, 1.82) is 0 Å². The van der Waals surface area contributed by atoms with Crippen LogP contribution in [-0.4, -0.2) is 64.8 Å². The zero-order valence-corrected chi connectivity index (χ0v) is 25.4. The van der Waals surface area contributed by atoms with Crippen LogP contribution in [0.3, 0.4) is 0 Å². The molecule has 15 heteroatoms. The van der Waals surface area contributed by atoms with Gasteiger partial charge in [0.25, 0.3) is 11.8 Å². The SMILES string of the molecule is C[C@]1(C(N)=O)COc2c1cc([C@@](O)(CNC(=O)c1cc(OCC(=O)NC3CC3)c3ncccc3c1)C(F)(F)F)nc2-c1ccc(F)cc1. The second kappa shape index (κ2) is 12.0. The minimum absolute atomic E-state index is 0.0465. The molecule has 1 fully saturated rings. The van der Waals surface area contributed by atoms with Crippen molar-refractivity contribution in [3.05, 3.63) is 83.4 Å². The quantitative estimate of drug-likeness (QED) is 0.187. The summed E-state index contributed by atoms with van der Waals surface area (Å²) in [5, 5.41) is 16.6. The first-order valence-electron chi connectivity index (χ1n) is 14.8. The molecule has 2 aliphatic rings. The molecule has 5 N–H and O–H groups in total. The van der Waals surface area contributed by atoms with E-state index >= 15 is 0 Å². The Hall–Kier alpha value is -5.31. The second-order valence-electron chi connectivity index (χ2n) is 11.9. The van der Waals surface area contributed by atoms with E-state index in [-0.39, 0.29) is 59.0 Å². The van der Waals surface area contributed by atoms with Crippen LogP contribution in [0.5, 0.6) is 11.5 Å². The molecule has 0 spiro atoms. The van der Waals surface area contributed by atoms with E-state index in [2.05, 4.69) is 20.6 Å². The van der Waals surface area contributed by atoms with Crippen LogP contribution in [0.4, 0.5) is 17.6 Å². The highest BCUT2D eigenvalue weighted by atomic mass is 19.4. The van der Waals surface area contributed by atoms with Crippen molar-refractivity contribution in [2.75, 3.05) is 19.8 Å². The number of nitrogens with zero attached hydrogens (tertiary/aromatic N) is 2. The molecule has 0 saturated heterocycles. The van der Waals surface area contributed by atoms with E-state index < -0.39 is 47.1 Å². The van der Waals surface area contributed by atoms with Crippen LogP contribution >= 0.6 is 0 Å². The number of fused-ring (bicyclic) bond motifs is 2. The average molecular weight is 668 g/mol. The van der Waals surface area contributed by atoms with Gasteiger partial charge in [0.2, 0.25) is 11.5 Å². The molecule has 6 rings (SSSR count). The van der Waals surface area contributed by atoms with Gasteiger partial charge in [-0.15, -0.1) is 0 Å². The van der Waals surface area contributed by atoms with E-state index in [0.29, 0.717) is 10.9 Å². The third kappa shape index (κ3) is 6.08. The molecule has 2 aromatic heterocycles. The molecule has 250 valence electrons. The Bertz CT molecular complexity index is 1930. The Morgan fingerprint density at radius 1 is 1.12 bits per heavy atom. The summed E-state index contributed by atoms with van der Waals surface area (Å²) in [6.07, 6.45) is -2.20. The lowest BCUT2D eigenvalue weighted by molar-refractivity contribution is -0.265. The molecule has 11 nitrogen and oxygen atoms in total. The fraction of sp³-hybridized carbons (Fsp3) is 0.303. The summed E-state index contributed by atoms with van der Waals surface area (Å²) in [5.74, 6) is -2.93. The zero-order valence-electron chi connectivity index (χ0n) is 25.4. The number of carbonyl (C=O) groups is 3. The third-order valence-electron chi connectivity index (χ3n) is 8.36. The van der Waals surface area contributed by atoms with Crippen molar-refractivity contribution in [1.82, 2.24) is 20.6 Å². The van der Waals surface area contributed by atoms with Crippen LogP contribution in [0, 0.1) is 5.82 Å². The Kier molecular flexibility index (Phi) is 8.19. The lowest BCUT2D eigenvalue weighted by atomic mass is 9.81. The number of amides is 3. The highest BCUT2D eigenvalue weighted by Gasteiger charge is 2.57. The molecule has 2 aromatic carbocycles. The van der Waals surface area contributed by atoms with Crippen molar-refractivity contribution in [2.24, 2.45) is 5.73 Å². The summed E-state index contributed by atoms with van der Waals surface area (Å²) >= 11 is 0. The fourth-order valence-electron chi connectivity index (χ4n) is 5.29. The number of alkyl halides is 3. The Morgan fingerprint density at radius 2 is 1.85 bits per heavy atom. The van der Waals surface area contributed by atoms with Gasteiger partial charge in [0.1, 0.15) is 40.5 Å². The van der Waals surface area contributed by atoms with Gasteiger partial charge in [0, 0.05) is 34.3 Å². The fourth-order valence-corrected chi connectivity index (χ4v) is 5.29. The largest absolute Gasteiger partial charge is 0.489 e. The summed E-state index contributed by atoms with van der Waals surface area (Å²) in [6, 6.07) is 11.4. The van der Waals surface area contributed by atoms with E-state index in [1.807, 2.05) is 0 Å². The highest BCUT2D eigenvalue weighted by Crippen LogP contribution is 2.47. The predicted octanol–water partition coefficient (Wildman–Crippen LogP) is 3.41. The summed E-state index contributed by atoms with van der Waals surface area (Å²) in [7, 11) is 0. The minimum Gasteiger partial charge on any atom is -0.489 e. The van der Waals surface area contributed by atoms with Gasteiger partial charge in [0.05, 0.1) is 12.2 Å². The van der Waals surface area contributed by atoms with Crippen LogP contribution in [0.15, 0.2) is 60.8 Å². The van der Waals surface area contributed by atoms with E-state index in [4.69, 9.17) is 15.2 Å². The number of rotatable bonds is 10. The molecule has 0 radical (unpaired) electrons. The normalized spacial score (nSPS) is 18.4. The maximum absolute atomic E-state index is 14.8. The Morgan fingerprint density at radius 3 is 2.52 bits per heavy atom. The predicted molar refractivity (Wildman–Crippen MR) is 162 cm³/mol. The number of nitrogens with one attached hydrogen (secondary N) is 2. The van der Waals surface area contributed by atoms with Crippen molar-refractivity contribution < 1.29 is 46.5 Å². The Labute approximate surface area is 270 Å². The lowest BCUT2D eigenvalue weighted by Crippen LogP contribution is -2.51. The van der Waals surface area contributed by atoms with Crippen molar-refractivity contribution in [3.8, 4) is 22.8 Å². The summed E-state index contributed by atoms with van der Waals surface area (Å²) in [6.45, 7) is -0.724. The second-order valence-corrected chi connectivity index (χ2v) is 11.9. The first-order valence-corrected chi connectivity index (χ1v) is 14.8. The number of benzene rings is 2. The van der Waals surface area contributed by atoms with Gasteiger partial charge in [-0.1, -0.05) is 6.07 Å². The molecule has 0 unspecified atom stereocenters. The lowest BCUT2D eigenvalue weighted by Gasteiger charge is -2.31. The number of carbonyl (C=O) groups excluding carboxylic acids is 3. The van der Waals surface area contributed by atoms with Crippen molar-refractivity contribution in [3.63, 3.8) is 0 Å². The van der Waals surface area contributed by atoms with Gasteiger partial charge in [-0.05, 0) is 68.3 Å². The maximum Gasteiger partial charge on any atom is 0.424 e. The topological polar surface area (TPSA) is 166 Å². The van der Waals surface area contributed by atoms with Gasteiger partial charge < -0.3 is 30.9 Å². The summed E-state index contributed by atoms with van der Waals surface area (Å²) in [4.78, 5) is 46.3. The number of pyridine rings is 2. The number of hydrogen-bond acceptors (Lipinski definition) is 8. The minimum atomic E-state index is -5.40. The van der Waals surface area contributed by atoms with Crippen molar-refractivity contribution in [2.45, 2.75) is 43.0 Å². The number of hydrogen-bond donors (Lipinski definition) is 4. The Balaban J connectivity index is 1.35. The van der Waals surface area contributed by atoms with Gasteiger partial charge in [-0.25, -0.2) is 9.37 Å². The highest BCUT2D eigenvalue weighted by molar-refractivity contribution is 6.00. The van der Waals surface area contributed by atoms with E-state index in [9.17, 15) is 37.1 Å². The summed E-state index contributed by atoms with van der Waals surface area (Å²) < 4.78 is 69.4. The number of aliphatic hydroxyl groups is 1. The molecule has 2 atom stereocenters. The molecule has 1 aliphatic carbocycles. The molecule has 4 aromatic rings. The van der Waals surface area contributed by atoms with Crippen LogP contribution in [0.1, 0.15) is 41.4 Å². The van der Waals surface area contributed by atoms with E-state index in [1.165, 1.54) is 37.4 Å². The zero-order chi connectivity index (χ0) is 34.4. The number of nitrogens with two attached hydrogens (primary N) is 1. The van der Waals surface area contributed by atoms with Crippen LogP contribution < -0.4 is 25.8 Å². The average Bonchev–Trinajstić information content (AvgIpc) is 3.80. The number of ether oxygens (including phenoxy) is 2. The first kappa shape index (κ1) is 32.6. The van der Waals surface area contributed by atoms with Crippen LogP contribution in [0.2, 0.25) is 0 Å². The van der Waals surface area contributed by atoms with Gasteiger partial charge >= 0.3 is 6.18 Å². The van der Waals surface area contributed by atoms with Crippen LogP contribution in [0.25, 0.3) is 22.2 Å². The molecular formula is C33H29F4N5O6. The number of halogens is 4. The van der Waals surface area contributed by atoms with Gasteiger partial charge in [-0.3, -0.25) is 19.4 Å². The molecule has 3 amide bonds. The van der Waals surface area contributed by atoms with Crippen molar-refractivity contribution >= 4 is 28.6 Å².